The van der Waals surface area contributed by atoms with Gasteiger partial charge in [-0.15, -0.1) is 0 Å². The van der Waals surface area contributed by atoms with Crippen molar-refractivity contribution < 1.29 is 18.3 Å². The molecular formula is C20H23ClN2O4S. The highest BCUT2D eigenvalue weighted by molar-refractivity contribution is 8.01. The Morgan fingerprint density at radius 3 is 2.57 bits per heavy atom. The van der Waals surface area contributed by atoms with Crippen LogP contribution < -0.4 is 4.74 Å². The molecule has 0 radical (unpaired) electrons. The van der Waals surface area contributed by atoms with Crippen LogP contribution in [0.3, 0.4) is 0 Å². The van der Waals surface area contributed by atoms with E-state index < -0.39 is 20.3 Å². The number of halogens is 1. The van der Waals surface area contributed by atoms with E-state index >= 15 is 0 Å². The van der Waals surface area contributed by atoms with Crippen molar-refractivity contribution in [2.75, 3.05) is 20.8 Å². The molecule has 150 valence electrons. The number of rotatable bonds is 4. The minimum Gasteiger partial charge on any atom is -0.504 e. The molecule has 0 unspecified atom stereocenters. The molecule has 0 amide bonds. The van der Waals surface area contributed by atoms with Crippen LogP contribution in [0.4, 0.5) is 0 Å². The Kier molecular flexibility index (Phi) is 5.20. The van der Waals surface area contributed by atoms with Crippen molar-refractivity contribution in [2.45, 2.75) is 25.5 Å². The fourth-order valence-corrected chi connectivity index (χ4v) is 5.38. The van der Waals surface area contributed by atoms with Crippen LogP contribution in [0.15, 0.2) is 30.5 Å². The highest BCUT2D eigenvalue weighted by Gasteiger charge is 2.48. The molecule has 0 fully saturated rings. The van der Waals surface area contributed by atoms with Crippen LogP contribution in [0.1, 0.15) is 36.2 Å². The lowest BCUT2D eigenvalue weighted by molar-refractivity contribution is 0.178. The first-order valence-electron chi connectivity index (χ1n) is 8.71. The third-order valence-corrected chi connectivity index (χ3v) is 7.73. The van der Waals surface area contributed by atoms with Crippen molar-refractivity contribution in [2.24, 2.45) is 0 Å². The number of sulfone groups is 1. The number of hydrogen-bond donors (Lipinski definition) is 1. The Morgan fingerprint density at radius 1 is 1.25 bits per heavy atom. The highest BCUT2D eigenvalue weighted by atomic mass is 35.5. The van der Waals surface area contributed by atoms with Gasteiger partial charge >= 0.3 is 0 Å². The molecule has 0 atom stereocenters. The molecule has 0 saturated carbocycles. The number of fused-ring (bicyclic) bond motifs is 1. The summed E-state index contributed by atoms with van der Waals surface area (Å²) in [6, 6.07) is 6.63. The predicted octanol–water partition coefficient (Wildman–Crippen LogP) is 3.99. The predicted molar refractivity (Wildman–Crippen MR) is 111 cm³/mol. The van der Waals surface area contributed by atoms with Crippen LogP contribution >= 0.6 is 11.6 Å². The van der Waals surface area contributed by atoms with E-state index in [2.05, 4.69) is 4.98 Å². The zero-order chi connectivity index (χ0) is 20.9. The average Bonchev–Trinajstić information content (AvgIpc) is 2.62. The van der Waals surface area contributed by atoms with Crippen molar-refractivity contribution in [3.8, 4) is 5.75 Å². The van der Waals surface area contributed by atoms with Crippen molar-refractivity contribution in [3.63, 3.8) is 0 Å². The summed E-state index contributed by atoms with van der Waals surface area (Å²) in [5.41, 5.74) is 1.65. The van der Waals surface area contributed by atoms with Crippen LogP contribution in [0.25, 0.3) is 10.7 Å². The van der Waals surface area contributed by atoms with Crippen LogP contribution in [0, 0.1) is 6.92 Å². The summed E-state index contributed by atoms with van der Waals surface area (Å²) in [5.74, 6) is -0.0211. The molecule has 1 N–H and O–H groups in total. The molecule has 3 rings (SSSR count). The van der Waals surface area contributed by atoms with Gasteiger partial charge in [-0.05, 0) is 46.5 Å². The molecule has 1 aliphatic rings. The van der Waals surface area contributed by atoms with Crippen LogP contribution in [0.5, 0.6) is 5.75 Å². The third kappa shape index (κ3) is 3.07. The Balaban J connectivity index is 2.30. The molecule has 28 heavy (non-hydrogen) atoms. The second-order valence-electron chi connectivity index (χ2n) is 7.52. The fraction of sp³-hybridized carbons (Fsp3) is 0.350. The molecule has 1 aromatic carbocycles. The van der Waals surface area contributed by atoms with E-state index in [1.165, 1.54) is 6.20 Å². The molecule has 0 spiro atoms. The average molecular weight is 423 g/mol. The molecule has 2 aromatic rings. The van der Waals surface area contributed by atoms with E-state index in [-0.39, 0.29) is 27.9 Å². The molecule has 0 bridgehead atoms. The van der Waals surface area contributed by atoms with Crippen LogP contribution in [-0.2, 0) is 14.6 Å². The van der Waals surface area contributed by atoms with Crippen molar-refractivity contribution >= 4 is 32.1 Å². The van der Waals surface area contributed by atoms with Crippen molar-refractivity contribution in [1.29, 1.82) is 0 Å². The van der Waals surface area contributed by atoms with E-state index in [9.17, 15) is 13.5 Å². The SMILES string of the molecule is Cc1ccc(C2=C(O)c3ncccc3C(C)(C)S2(=O)=O)c(Cl)c1OCN(C)C. The minimum atomic E-state index is -3.96. The lowest BCUT2D eigenvalue weighted by Gasteiger charge is -2.33. The quantitative estimate of drug-likeness (QED) is 0.750. The van der Waals surface area contributed by atoms with Gasteiger partial charge in [0.1, 0.15) is 23.1 Å². The second-order valence-corrected chi connectivity index (χ2v) is 10.3. The normalized spacial score (nSPS) is 17.5. The van der Waals surface area contributed by atoms with Crippen LogP contribution in [-0.4, -0.2) is 44.2 Å². The minimum absolute atomic E-state index is 0.141. The van der Waals surface area contributed by atoms with Gasteiger partial charge in [-0.2, -0.15) is 0 Å². The number of pyridine rings is 1. The smallest absolute Gasteiger partial charge is 0.192 e. The number of aryl methyl sites for hydroxylation is 1. The molecule has 0 aliphatic carbocycles. The summed E-state index contributed by atoms with van der Waals surface area (Å²) in [5, 5.41) is 11.0. The first-order chi connectivity index (χ1) is 13.0. The number of benzene rings is 1. The first kappa shape index (κ1) is 20.6. The summed E-state index contributed by atoms with van der Waals surface area (Å²) >= 11 is 6.57. The Labute approximate surface area is 170 Å². The lowest BCUT2D eigenvalue weighted by Crippen LogP contribution is -2.35. The summed E-state index contributed by atoms with van der Waals surface area (Å²) in [7, 11) is -0.271. The number of hydrogen-bond acceptors (Lipinski definition) is 6. The first-order valence-corrected chi connectivity index (χ1v) is 10.6. The molecular weight excluding hydrogens is 400 g/mol. The molecule has 1 aliphatic heterocycles. The van der Waals surface area contributed by atoms with E-state index in [0.717, 1.165) is 5.56 Å². The number of aromatic nitrogens is 1. The zero-order valence-electron chi connectivity index (χ0n) is 16.4. The summed E-state index contributed by atoms with van der Waals surface area (Å²) < 4.78 is 31.4. The number of aliphatic hydroxyl groups excluding tert-OH is 1. The fourth-order valence-electron chi connectivity index (χ4n) is 3.19. The largest absolute Gasteiger partial charge is 0.504 e. The molecule has 1 aromatic heterocycles. The van der Waals surface area contributed by atoms with Gasteiger partial charge in [-0.25, -0.2) is 8.42 Å². The standard InChI is InChI=1S/C20H23ClN2O4S/c1-12-8-9-13(15(21)18(12)27-11-23(4)5)19-17(24)16-14(7-6-10-22-16)20(2,3)28(19,25)26/h6-10,24H,11H2,1-5H3. The van der Waals surface area contributed by atoms with Crippen LogP contribution in [0.2, 0.25) is 5.02 Å². The number of aliphatic hydroxyl groups is 1. The van der Waals surface area contributed by atoms with Gasteiger partial charge in [0, 0.05) is 17.3 Å². The van der Waals surface area contributed by atoms with Gasteiger partial charge in [-0.1, -0.05) is 29.8 Å². The van der Waals surface area contributed by atoms with E-state index in [0.29, 0.717) is 11.3 Å². The molecule has 2 heterocycles. The maximum Gasteiger partial charge on any atom is 0.192 e. The number of nitrogens with zero attached hydrogens (tertiary/aromatic N) is 2. The van der Waals surface area contributed by atoms with Gasteiger partial charge in [0.2, 0.25) is 0 Å². The van der Waals surface area contributed by atoms with E-state index in [4.69, 9.17) is 16.3 Å². The zero-order valence-corrected chi connectivity index (χ0v) is 18.0. The summed E-state index contributed by atoms with van der Waals surface area (Å²) in [4.78, 5) is 5.80. The van der Waals surface area contributed by atoms with Crippen molar-refractivity contribution in [1.82, 2.24) is 9.88 Å². The summed E-state index contributed by atoms with van der Waals surface area (Å²) in [6.07, 6.45) is 1.52. The second kappa shape index (κ2) is 7.06. The van der Waals surface area contributed by atoms with E-state index in [1.54, 1.807) is 38.1 Å². The number of ether oxygens (including phenoxy) is 1. The molecule has 0 saturated heterocycles. The maximum absolute atomic E-state index is 13.5. The van der Waals surface area contributed by atoms with Gasteiger partial charge in [-0.3, -0.25) is 9.88 Å². The lowest BCUT2D eigenvalue weighted by atomic mass is 9.97. The third-order valence-electron chi connectivity index (χ3n) is 4.84. The molecule has 6 nitrogen and oxygen atoms in total. The van der Waals surface area contributed by atoms with Gasteiger partial charge in [0.15, 0.2) is 15.6 Å². The monoisotopic (exact) mass is 422 g/mol. The Morgan fingerprint density at radius 2 is 1.93 bits per heavy atom. The summed E-state index contributed by atoms with van der Waals surface area (Å²) in [6.45, 7) is 5.30. The van der Waals surface area contributed by atoms with Gasteiger partial charge < -0.3 is 9.84 Å². The highest BCUT2D eigenvalue weighted by Crippen LogP contribution is 2.50. The van der Waals surface area contributed by atoms with Crippen molar-refractivity contribution in [3.05, 3.63) is 57.9 Å². The Hall–Kier alpha value is -2.09. The van der Waals surface area contributed by atoms with Gasteiger partial charge in [0.25, 0.3) is 0 Å². The molecule has 8 heteroatoms. The van der Waals surface area contributed by atoms with E-state index in [1.807, 2.05) is 25.9 Å². The topological polar surface area (TPSA) is 79.7 Å². The van der Waals surface area contributed by atoms with Gasteiger partial charge in [0.05, 0.1) is 9.77 Å². The Bertz CT molecular complexity index is 1080. The maximum atomic E-state index is 13.5.